The van der Waals surface area contributed by atoms with Crippen molar-refractivity contribution in [3.63, 3.8) is 0 Å². The number of nitrogens with one attached hydrogen (secondary N) is 2. The van der Waals surface area contributed by atoms with Crippen LogP contribution in [-0.2, 0) is 11.0 Å². The molecule has 1 rings (SSSR count). The van der Waals surface area contributed by atoms with Gasteiger partial charge in [-0.3, -0.25) is 4.79 Å². The van der Waals surface area contributed by atoms with E-state index in [1.54, 1.807) is 13.8 Å². The van der Waals surface area contributed by atoms with Crippen molar-refractivity contribution >= 4 is 58.0 Å². The van der Waals surface area contributed by atoms with Gasteiger partial charge in [-0.05, 0) is 18.2 Å². The van der Waals surface area contributed by atoms with Gasteiger partial charge in [0.1, 0.15) is 6.17 Å². The van der Waals surface area contributed by atoms with E-state index in [0.717, 1.165) is 18.2 Å². The molecule has 0 fully saturated rings. The van der Waals surface area contributed by atoms with Gasteiger partial charge in [-0.25, -0.2) is 0 Å². The second-order valence-electron chi connectivity index (χ2n) is 4.97. The summed E-state index contributed by atoms with van der Waals surface area (Å²) in [5.41, 5.74) is -1.05. The lowest BCUT2D eigenvalue weighted by Gasteiger charge is -2.28. The summed E-state index contributed by atoms with van der Waals surface area (Å²) in [6.07, 6.45) is -5.83. The van der Waals surface area contributed by atoms with Crippen LogP contribution in [0, 0.1) is 5.92 Å². The molecule has 0 heterocycles. The second-order valence-corrected chi connectivity index (χ2v) is 7.75. The summed E-state index contributed by atoms with van der Waals surface area (Å²) < 4.78 is 36.3. The van der Waals surface area contributed by atoms with Crippen LogP contribution in [0.25, 0.3) is 0 Å². The summed E-state index contributed by atoms with van der Waals surface area (Å²) in [5.74, 6) is -0.861. The number of amides is 1. The van der Waals surface area contributed by atoms with Crippen molar-refractivity contribution in [2.75, 3.05) is 5.32 Å². The molecule has 10 heteroatoms. The Morgan fingerprint density at radius 2 is 1.74 bits per heavy atom. The molecule has 0 aliphatic rings. The molecule has 2 N–H and O–H groups in total. The van der Waals surface area contributed by atoms with Crippen molar-refractivity contribution < 1.29 is 18.0 Å². The highest BCUT2D eigenvalue weighted by Crippen LogP contribution is 2.36. The lowest BCUT2D eigenvalue weighted by atomic mass is 10.2. The number of hydrogen-bond donors (Lipinski definition) is 2. The van der Waals surface area contributed by atoms with E-state index in [2.05, 4.69) is 10.6 Å². The molecule has 130 valence electrons. The zero-order valence-electron chi connectivity index (χ0n) is 11.9. The smallest absolute Gasteiger partial charge is 0.361 e. The molecule has 0 unspecified atom stereocenters. The molecule has 1 aromatic carbocycles. The quantitative estimate of drug-likeness (QED) is 0.525. The number of benzene rings is 1. The van der Waals surface area contributed by atoms with E-state index in [1.807, 2.05) is 0 Å². The molecular weight excluding hydrogens is 399 g/mol. The average molecular weight is 412 g/mol. The number of alkyl halides is 6. The minimum absolute atomic E-state index is 0.0176. The molecule has 0 saturated heterocycles. The Morgan fingerprint density at radius 3 is 2.17 bits per heavy atom. The highest BCUT2D eigenvalue weighted by molar-refractivity contribution is 6.68. The molecule has 0 aliphatic carbocycles. The molecule has 3 nitrogen and oxygen atoms in total. The van der Waals surface area contributed by atoms with Crippen LogP contribution in [0.3, 0.4) is 0 Å². The van der Waals surface area contributed by atoms with E-state index < -0.39 is 33.5 Å². The third kappa shape index (κ3) is 6.10. The van der Waals surface area contributed by atoms with Gasteiger partial charge in [0.05, 0.1) is 16.3 Å². The number of rotatable bonds is 4. The Balaban J connectivity index is 3.11. The van der Waals surface area contributed by atoms with Gasteiger partial charge in [0, 0.05) is 5.92 Å². The predicted octanol–water partition coefficient (Wildman–Crippen LogP) is 5.24. The normalized spacial score (nSPS) is 13.8. The van der Waals surface area contributed by atoms with E-state index in [1.165, 1.54) is 0 Å². The van der Waals surface area contributed by atoms with Crippen molar-refractivity contribution in [3.05, 3.63) is 28.8 Å². The highest BCUT2D eigenvalue weighted by Gasteiger charge is 2.36. The molecule has 0 aromatic heterocycles. The minimum atomic E-state index is -4.56. The number of carbonyl (C=O) groups is 1. The standard InChI is InChI=1S/C13H13Cl4F3N2O/c1-6(2)10(23)22-11(12(15,16)17)21-9-5-7(13(18,19)20)3-4-8(9)14/h3-6,11,21H,1-2H3,(H,22,23)/t11-/m0/s1. The van der Waals surface area contributed by atoms with E-state index in [4.69, 9.17) is 46.4 Å². The monoisotopic (exact) mass is 410 g/mol. The summed E-state index contributed by atoms with van der Waals surface area (Å²) in [5, 5.41) is 4.91. The van der Waals surface area contributed by atoms with Gasteiger partial charge in [0.25, 0.3) is 0 Å². The van der Waals surface area contributed by atoms with Gasteiger partial charge in [-0.2, -0.15) is 13.2 Å². The van der Waals surface area contributed by atoms with Gasteiger partial charge in [-0.15, -0.1) is 0 Å². The third-order valence-corrected chi connectivity index (χ3v) is 3.72. The van der Waals surface area contributed by atoms with Gasteiger partial charge < -0.3 is 10.6 Å². The largest absolute Gasteiger partial charge is 0.416 e. The first kappa shape index (κ1) is 20.5. The van der Waals surface area contributed by atoms with Crippen LogP contribution in [0.5, 0.6) is 0 Å². The summed E-state index contributed by atoms with van der Waals surface area (Å²) in [7, 11) is 0. The topological polar surface area (TPSA) is 41.1 Å². The van der Waals surface area contributed by atoms with Crippen molar-refractivity contribution in [2.45, 2.75) is 30.0 Å². The molecule has 1 atom stereocenters. The predicted molar refractivity (Wildman–Crippen MR) is 87.1 cm³/mol. The van der Waals surface area contributed by atoms with E-state index >= 15 is 0 Å². The van der Waals surface area contributed by atoms with E-state index in [9.17, 15) is 18.0 Å². The zero-order chi connectivity index (χ0) is 18.0. The first-order chi connectivity index (χ1) is 10.3. The summed E-state index contributed by atoms with van der Waals surface area (Å²) >= 11 is 23.2. The molecule has 1 amide bonds. The SMILES string of the molecule is CC(C)C(=O)N[C@H](Nc1cc(C(F)(F)F)ccc1Cl)C(Cl)(Cl)Cl. The van der Waals surface area contributed by atoms with Crippen molar-refractivity contribution in [1.29, 1.82) is 0 Å². The lowest BCUT2D eigenvalue weighted by molar-refractivity contribution is -0.137. The highest BCUT2D eigenvalue weighted by atomic mass is 35.6. The van der Waals surface area contributed by atoms with Crippen LogP contribution >= 0.6 is 46.4 Å². The summed E-state index contributed by atoms with van der Waals surface area (Å²) in [4.78, 5) is 11.8. The molecule has 0 saturated carbocycles. The Hall–Kier alpha value is -0.560. The van der Waals surface area contributed by atoms with Crippen LogP contribution in [-0.4, -0.2) is 15.9 Å². The fraction of sp³-hybridized carbons (Fsp3) is 0.462. The molecular formula is C13H13Cl4F3N2O. The molecule has 0 radical (unpaired) electrons. The summed E-state index contributed by atoms with van der Waals surface area (Å²) in [6.45, 7) is 3.23. The molecule has 23 heavy (non-hydrogen) atoms. The second kappa shape index (κ2) is 7.55. The van der Waals surface area contributed by atoms with Gasteiger partial charge >= 0.3 is 6.18 Å². The Morgan fingerprint density at radius 1 is 1.17 bits per heavy atom. The minimum Gasteiger partial charge on any atom is -0.361 e. The average Bonchev–Trinajstić information content (AvgIpc) is 2.37. The first-order valence-corrected chi connectivity index (χ1v) is 7.84. The Labute approximate surface area is 151 Å². The number of carbonyl (C=O) groups excluding carboxylic acids is 1. The molecule has 0 aliphatic heterocycles. The third-order valence-electron chi connectivity index (χ3n) is 2.73. The molecule has 1 aromatic rings. The van der Waals surface area contributed by atoms with Crippen LogP contribution in [0.2, 0.25) is 5.02 Å². The van der Waals surface area contributed by atoms with Gasteiger partial charge in [0.15, 0.2) is 0 Å². The van der Waals surface area contributed by atoms with Crippen LogP contribution in [0.4, 0.5) is 18.9 Å². The van der Waals surface area contributed by atoms with Crippen LogP contribution in [0.1, 0.15) is 19.4 Å². The van der Waals surface area contributed by atoms with Crippen LogP contribution < -0.4 is 10.6 Å². The number of halogens is 7. The fourth-order valence-corrected chi connectivity index (χ4v) is 1.98. The van der Waals surface area contributed by atoms with E-state index in [-0.39, 0.29) is 10.7 Å². The van der Waals surface area contributed by atoms with Gasteiger partial charge in [-0.1, -0.05) is 60.3 Å². The summed E-state index contributed by atoms with van der Waals surface area (Å²) in [6, 6.07) is 2.66. The maximum absolute atomic E-state index is 12.8. The van der Waals surface area contributed by atoms with Gasteiger partial charge in [0.2, 0.25) is 9.70 Å². The molecule has 0 spiro atoms. The number of anilines is 1. The maximum atomic E-state index is 12.8. The van der Waals surface area contributed by atoms with Crippen LogP contribution in [0.15, 0.2) is 18.2 Å². The Kier molecular flexibility index (Phi) is 6.73. The fourth-order valence-electron chi connectivity index (χ4n) is 1.48. The van der Waals surface area contributed by atoms with E-state index in [0.29, 0.717) is 0 Å². The molecule has 0 bridgehead atoms. The van der Waals surface area contributed by atoms with Crippen molar-refractivity contribution in [3.8, 4) is 0 Å². The van der Waals surface area contributed by atoms with Crippen molar-refractivity contribution in [2.24, 2.45) is 5.92 Å². The Bertz CT molecular complexity index is 573. The first-order valence-electron chi connectivity index (χ1n) is 6.32. The maximum Gasteiger partial charge on any atom is 0.416 e. The number of hydrogen-bond acceptors (Lipinski definition) is 2. The van der Waals surface area contributed by atoms with Crippen molar-refractivity contribution in [1.82, 2.24) is 5.32 Å². The lowest BCUT2D eigenvalue weighted by Crippen LogP contribution is -2.50. The zero-order valence-corrected chi connectivity index (χ0v) is 15.0.